The molecule has 20 heavy (non-hydrogen) atoms. The molecule has 0 radical (unpaired) electrons. The van der Waals surface area contributed by atoms with Gasteiger partial charge in [-0.2, -0.15) is 0 Å². The van der Waals surface area contributed by atoms with Crippen LogP contribution in [-0.4, -0.2) is 42.1 Å². The smallest absolute Gasteiger partial charge is 0.170 e. The summed E-state index contributed by atoms with van der Waals surface area (Å²) in [6, 6.07) is 6.39. The first kappa shape index (κ1) is 16.5. The van der Waals surface area contributed by atoms with Gasteiger partial charge >= 0.3 is 0 Å². The molecule has 0 aliphatic rings. The van der Waals surface area contributed by atoms with Gasteiger partial charge in [0.2, 0.25) is 0 Å². The zero-order valence-corrected chi connectivity index (χ0v) is 12.8. The molecule has 0 atom stereocenters. The van der Waals surface area contributed by atoms with Crippen LogP contribution < -0.4 is 11.1 Å². The summed E-state index contributed by atoms with van der Waals surface area (Å²) in [7, 11) is 2.13. The Bertz CT molecular complexity index is 457. The molecule has 0 amide bonds. The van der Waals surface area contributed by atoms with Crippen molar-refractivity contribution in [3.8, 4) is 0 Å². The highest BCUT2D eigenvalue weighted by atomic mass is 16.4. The van der Waals surface area contributed by atoms with E-state index in [9.17, 15) is 0 Å². The van der Waals surface area contributed by atoms with Crippen LogP contribution in [0.5, 0.6) is 0 Å². The number of hydrogen-bond donors (Lipinski definition) is 3. The van der Waals surface area contributed by atoms with E-state index >= 15 is 0 Å². The van der Waals surface area contributed by atoms with Gasteiger partial charge < -0.3 is 21.2 Å². The Labute approximate surface area is 121 Å². The quantitative estimate of drug-likeness (QED) is 0.232. The zero-order valence-electron chi connectivity index (χ0n) is 12.8. The number of benzene rings is 1. The molecule has 0 unspecified atom stereocenters. The van der Waals surface area contributed by atoms with Crippen molar-refractivity contribution in [3.63, 3.8) is 0 Å². The van der Waals surface area contributed by atoms with Gasteiger partial charge in [0.15, 0.2) is 5.84 Å². The molecule has 5 heteroatoms. The average molecular weight is 278 g/mol. The first-order chi connectivity index (χ1) is 9.45. The van der Waals surface area contributed by atoms with Gasteiger partial charge in [0.1, 0.15) is 0 Å². The summed E-state index contributed by atoms with van der Waals surface area (Å²) < 4.78 is 0. The highest BCUT2D eigenvalue weighted by Crippen LogP contribution is 2.11. The van der Waals surface area contributed by atoms with Crippen molar-refractivity contribution in [2.24, 2.45) is 10.9 Å². The first-order valence-corrected chi connectivity index (χ1v) is 6.94. The van der Waals surface area contributed by atoms with Gasteiger partial charge in [-0.3, -0.25) is 0 Å². The van der Waals surface area contributed by atoms with Crippen molar-refractivity contribution in [1.82, 2.24) is 10.2 Å². The molecule has 0 saturated carbocycles. The Kier molecular flexibility index (Phi) is 6.48. The fraction of sp³-hybridized carbons (Fsp3) is 0.533. The van der Waals surface area contributed by atoms with Crippen LogP contribution in [0.2, 0.25) is 0 Å². The van der Waals surface area contributed by atoms with Crippen molar-refractivity contribution in [3.05, 3.63) is 34.9 Å². The molecule has 0 fully saturated rings. The van der Waals surface area contributed by atoms with Crippen LogP contribution in [0.25, 0.3) is 0 Å². The summed E-state index contributed by atoms with van der Waals surface area (Å²) in [4.78, 5) is 2.31. The lowest BCUT2D eigenvalue weighted by molar-refractivity contribution is 0.273. The first-order valence-electron chi connectivity index (χ1n) is 6.94. The van der Waals surface area contributed by atoms with E-state index in [4.69, 9.17) is 10.9 Å². The predicted octanol–water partition coefficient (Wildman–Crippen LogP) is 1.52. The minimum Gasteiger partial charge on any atom is -0.409 e. The van der Waals surface area contributed by atoms with E-state index in [2.05, 4.69) is 36.3 Å². The largest absolute Gasteiger partial charge is 0.409 e. The maximum Gasteiger partial charge on any atom is 0.170 e. The van der Waals surface area contributed by atoms with Crippen molar-refractivity contribution < 1.29 is 5.21 Å². The lowest BCUT2D eigenvalue weighted by Gasteiger charge is -2.21. The van der Waals surface area contributed by atoms with Crippen molar-refractivity contribution >= 4 is 5.84 Å². The van der Waals surface area contributed by atoms with Gasteiger partial charge in [-0.1, -0.05) is 17.3 Å². The van der Waals surface area contributed by atoms with E-state index in [1.807, 2.05) is 25.1 Å². The molecule has 0 saturated heterocycles. The molecular formula is C15H26N4O. The molecule has 0 bridgehead atoms. The molecule has 0 aromatic heterocycles. The Morgan fingerprint density at radius 3 is 2.70 bits per heavy atom. The minimum absolute atomic E-state index is 0.145. The zero-order chi connectivity index (χ0) is 15.1. The van der Waals surface area contributed by atoms with Crippen LogP contribution in [0.15, 0.2) is 23.4 Å². The topological polar surface area (TPSA) is 73.9 Å². The van der Waals surface area contributed by atoms with Gasteiger partial charge in [0.05, 0.1) is 0 Å². The highest BCUT2D eigenvalue weighted by molar-refractivity contribution is 5.97. The summed E-state index contributed by atoms with van der Waals surface area (Å²) in [5.41, 5.74) is 8.69. The third-order valence-electron chi connectivity index (χ3n) is 3.58. The lowest BCUT2D eigenvalue weighted by atomic mass is 10.0. The molecule has 4 N–H and O–H groups in total. The van der Waals surface area contributed by atoms with Crippen molar-refractivity contribution in [2.45, 2.75) is 33.4 Å². The van der Waals surface area contributed by atoms with Crippen LogP contribution >= 0.6 is 0 Å². The van der Waals surface area contributed by atoms with Gasteiger partial charge in [-0.15, -0.1) is 0 Å². The second-order valence-electron chi connectivity index (χ2n) is 5.38. The maximum absolute atomic E-state index is 8.66. The maximum atomic E-state index is 8.66. The second kappa shape index (κ2) is 7.87. The minimum atomic E-state index is 0.145. The molecule has 1 aromatic rings. The van der Waals surface area contributed by atoms with Crippen LogP contribution in [0, 0.1) is 6.92 Å². The number of rotatable bonds is 7. The van der Waals surface area contributed by atoms with Crippen molar-refractivity contribution in [1.29, 1.82) is 0 Å². The predicted molar refractivity (Wildman–Crippen MR) is 83.2 cm³/mol. The third-order valence-corrected chi connectivity index (χ3v) is 3.58. The summed E-state index contributed by atoms with van der Waals surface area (Å²) in [5, 5.41) is 15.1. The Morgan fingerprint density at radius 1 is 1.45 bits per heavy atom. The Balaban J connectivity index is 2.49. The SMILES string of the molecule is Cc1cc(/C(N)=N/O)ccc1CNCCN(C)C(C)C. The number of likely N-dealkylation sites (N-methyl/N-ethyl adjacent to an activating group) is 1. The van der Waals surface area contributed by atoms with E-state index in [0.717, 1.165) is 30.8 Å². The van der Waals surface area contributed by atoms with Crippen LogP contribution in [0.3, 0.4) is 0 Å². The highest BCUT2D eigenvalue weighted by Gasteiger charge is 2.05. The van der Waals surface area contributed by atoms with E-state index < -0.39 is 0 Å². The van der Waals surface area contributed by atoms with Crippen LogP contribution in [0.1, 0.15) is 30.5 Å². The Morgan fingerprint density at radius 2 is 2.15 bits per heavy atom. The van der Waals surface area contributed by atoms with Gasteiger partial charge in [-0.25, -0.2) is 0 Å². The number of oxime groups is 1. The molecule has 0 heterocycles. The standard InChI is InChI=1S/C15H26N4O/c1-11(2)19(4)8-7-17-10-14-6-5-13(9-12(14)3)15(16)18-20/h5-6,9,11,17,20H,7-8,10H2,1-4H3,(H2,16,18). The fourth-order valence-electron chi connectivity index (χ4n) is 1.85. The fourth-order valence-corrected chi connectivity index (χ4v) is 1.85. The normalized spacial score (nSPS) is 12.4. The molecule has 0 aliphatic carbocycles. The molecular weight excluding hydrogens is 252 g/mol. The van der Waals surface area contributed by atoms with Crippen LogP contribution in [-0.2, 0) is 6.54 Å². The molecule has 0 spiro atoms. The lowest BCUT2D eigenvalue weighted by Crippen LogP contribution is -2.33. The summed E-state index contributed by atoms with van der Waals surface area (Å²) in [5.74, 6) is 0.145. The third kappa shape index (κ3) is 4.83. The molecule has 112 valence electrons. The average Bonchev–Trinajstić information content (AvgIpc) is 2.43. The summed E-state index contributed by atoms with van der Waals surface area (Å²) >= 11 is 0. The van der Waals surface area contributed by atoms with E-state index in [0.29, 0.717) is 6.04 Å². The number of hydrogen-bond acceptors (Lipinski definition) is 4. The Hall–Kier alpha value is -1.59. The molecule has 1 rings (SSSR count). The van der Waals surface area contributed by atoms with E-state index in [-0.39, 0.29) is 5.84 Å². The van der Waals surface area contributed by atoms with E-state index in [1.165, 1.54) is 5.56 Å². The van der Waals surface area contributed by atoms with Gasteiger partial charge in [0, 0.05) is 31.2 Å². The number of nitrogens with one attached hydrogen (secondary N) is 1. The number of aryl methyl sites for hydroxylation is 1. The van der Waals surface area contributed by atoms with Crippen molar-refractivity contribution in [2.75, 3.05) is 20.1 Å². The van der Waals surface area contributed by atoms with Crippen LogP contribution in [0.4, 0.5) is 0 Å². The van der Waals surface area contributed by atoms with Gasteiger partial charge in [0.25, 0.3) is 0 Å². The number of amidine groups is 1. The molecule has 0 aliphatic heterocycles. The van der Waals surface area contributed by atoms with Gasteiger partial charge in [-0.05, 0) is 45.0 Å². The second-order valence-corrected chi connectivity index (χ2v) is 5.38. The number of nitrogens with zero attached hydrogens (tertiary/aromatic N) is 2. The monoisotopic (exact) mass is 278 g/mol. The molecule has 5 nitrogen and oxygen atoms in total. The number of nitrogens with two attached hydrogens (primary N) is 1. The van der Waals surface area contributed by atoms with E-state index in [1.54, 1.807) is 0 Å². The summed E-state index contributed by atoms with van der Waals surface area (Å²) in [6.07, 6.45) is 0. The summed E-state index contributed by atoms with van der Waals surface area (Å²) in [6.45, 7) is 9.22. The molecule has 1 aromatic carbocycles.